The summed E-state index contributed by atoms with van der Waals surface area (Å²) in [5.41, 5.74) is 1.46. The summed E-state index contributed by atoms with van der Waals surface area (Å²) in [5.74, 6) is 0.966. The van der Waals surface area contributed by atoms with Crippen molar-refractivity contribution in [2.75, 3.05) is 13.1 Å². The topological polar surface area (TPSA) is 12.0 Å². The average Bonchev–Trinajstić information content (AvgIpc) is 2.30. The molecule has 88 valence electrons. The Labute approximate surface area is 107 Å². The van der Waals surface area contributed by atoms with Gasteiger partial charge < -0.3 is 5.32 Å². The molecule has 1 saturated heterocycles. The van der Waals surface area contributed by atoms with Crippen molar-refractivity contribution in [3.8, 4) is 0 Å². The van der Waals surface area contributed by atoms with E-state index in [1.807, 2.05) is 0 Å². The molecule has 0 spiro atoms. The van der Waals surface area contributed by atoms with Crippen LogP contribution < -0.4 is 5.32 Å². The van der Waals surface area contributed by atoms with Crippen molar-refractivity contribution in [1.29, 1.82) is 0 Å². The molecule has 2 heteroatoms. The molecule has 1 aliphatic heterocycles. The Kier molecular flexibility index (Phi) is 4.86. The van der Waals surface area contributed by atoms with Crippen molar-refractivity contribution in [2.24, 2.45) is 5.92 Å². The van der Waals surface area contributed by atoms with Crippen LogP contribution in [0.25, 0.3) is 0 Å². The highest BCUT2D eigenvalue weighted by Gasteiger charge is 2.12. The van der Waals surface area contributed by atoms with E-state index in [9.17, 15) is 0 Å². The number of aryl methyl sites for hydroxylation is 1. The zero-order valence-corrected chi connectivity index (χ0v) is 11.3. The first-order valence-electron chi connectivity index (χ1n) is 6.30. The van der Waals surface area contributed by atoms with Gasteiger partial charge in [-0.25, -0.2) is 0 Å². The molecule has 0 aliphatic carbocycles. The second-order valence-electron chi connectivity index (χ2n) is 4.72. The molecule has 1 fully saturated rings. The van der Waals surface area contributed by atoms with Crippen LogP contribution in [0.4, 0.5) is 0 Å². The third kappa shape index (κ3) is 3.91. The summed E-state index contributed by atoms with van der Waals surface area (Å²) < 4.78 is 1.20. The van der Waals surface area contributed by atoms with Crippen LogP contribution in [0.15, 0.2) is 28.7 Å². The summed E-state index contributed by atoms with van der Waals surface area (Å²) in [7, 11) is 0. The van der Waals surface area contributed by atoms with Gasteiger partial charge in [-0.05, 0) is 62.4 Å². The van der Waals surface area contributed by atoms with E-state index in [1.165, 1.54) is 55.2 Å². The van der Waals surface area contributed by atoms with Crippen LogP contribution in [-0.4, -0.2) is 13.1 Å². The lowest BCUT2D eigenvalue weighted by atomic mass is 9.92. The molecule has 0 saturated carbocycles. The lowest BCUT2D eigenvalue weighted by Crippen LogP contribution is -2.27. The molecule has 0 bridgehead atoms. The average molecular weight is 282 g/mol. The molecule has 1 N–H and O–H groups in total. The Balaban J connectivity index is 1.71. The number of halogens is 1. The first kappa shape index (κ1) is 12.1. The lowest BCUT2D eigenvalue weighted by Gasteiger charge is -2.22. The molecule has 1 aromatic rings. The van der Waals surface area contributed by atoms with Crippen molar-refractivity contribution in [1.82, 2.24) is 5.32 Å². The van der Waals surface area contributed by atoms with Gasteiger partial charge in [0.05, 0.1) is 0 Å². The fourth-order valence-electron chi connectivity index (χ4n) is 2.46. The van der Waals surface area contributed by atoms with E-state index in [0.717, 1.165) is 5.92 Å². The molecule has 1 nitrogen and oxygen atoms in total. The van der Waals surface area contributed by atoms with Gasteiger partial charge in [-0.3, -0.25) is 0 Å². The van der Waals surface area contributed by atoms with Gasteiger partial charge in [-0.2, -0.15) is 0 Å². The Morgan fingerprint density at radius 2 is 2.06 bits per heavy atom. The molecule has 1 aliphatic rings. The van der Waals surface area contributed by atoms with Gasteiger partial charge >= 0.3 is 0 Å². The molecule has 0 aromatic heterocycles. The number of hydrogen-bond donors (Lipinski definition) is 1. The minimum absolute atomic E-state index is 0.966. The SMILES string of the molecule is Brc1cccc(CCCC2CCNCC2)c1. The summed E-state index contributed by atoms with van der Waals surface area (Å²) in [6.45, 7) is 2.45. The Morgan fingerprint density at radius 3 is 2.81 bits per heavy atom. The minimum Gasteiger partial charge on any atom is -0.317 e. The van der Waals surface area contributed by atoms with Crippen LogP contribution in [0.2, 0.25) is 0 Å². The van der Waals surface area contributed by atoms with E-state index in [4.69, 9.17) is 0 Å². The van der Waals surface area contributed by atoms with Gasteiger partial charge in [-0.1, -0.05) is 34.5 Å². The van der Waals surface area contributed by atoms with Gasteiger partial charge in [0, 0.05) is 4.47 Å². The second kappa shape index (κ2) is 6.41. The highest BCUT2D eigenvalue weighted by atomic mass is 79.9. The smallest absolute Gasteiger partial charge is 0.0177 e. The lowest BCUT2D eigenvalue weighted by molar-refractivity contribution is 0.347. The summed E-state index contributed by atoms with van der Waals surface area (Å²) in [4.78, 5) is 0. The molecule has 1 aromatic carbocycles. The second-order valence-corrected chi connectivity index (χ2v) is 5.63. The predicted molar refractivity (Wildman–Crippen MR) is 72.7 cm³/mol. The van der Waals surface area contributed by atoms with Crippen LogP contribution in [0.3, 0.4) is 0 Å². The minimum atomic E-state index is 0.966. The summed E-state index contributed by atoms with van der Waals surface area (Å²) >= 11 is 3.52. The van der Waals surface area contributed by atoms with Crippen LogP contribution in [-0.2, 0) is 6.42 Å². The molecular formula is C14H20BrN. The van der Waals surface area contributed by atoms with Crippen molar-refractivity contribution in [3.05, 3.63) is 34.3 Å². The highest BCUT2D eigenvalue weighted by molar-refractivity contribution is 9.10. The fraction of sp³-hybridized carbons (Fsp3) is 0.571. The third-order valence-electron chi connectivity index (χ3n) is 3.43. The monoisotopic (exact) mass is 281 g/mol. The Morgan fingerprint density at radius 1 is 1.25 bits per heavy atom. The molecular weight excluding hydrogens is 262 g/mol. The van der Waals surface area contributed by atoms with Gasteiger partial charge in [0.25, 0.3) is 0 Å². The number of piperidine rings is 1. The van der Waals surface area contributed by atoms with E-state index >= 15 is 0 Å². The molecule has 16 heavy (non-hydrogen) atoms. The van der Waals surface area contributed by atoms with E-state index < -0.39 is 0 Å². The van der Waals surface area contributed by atoms with E-state index in [1.54, 1.807) is 0 Å². The van der Waals surface area contributed by atoms with Gasteiger partial charge in [-0.15, -0.1) is 0 Å². The van der Waals surface area contributed by atoms with Crippen LogP contribution in [0, 0.1) is 5.92 Å². The normalized spacial score (nSPS) is 17.6. The Bertz CT molecular complexity index is 318. The zero-order chi connectivity index (χ0) is 11.2. The van der Waals surface area contributed by atoms with Gasteiger partial charge in [0.15, 0.2) is 0 Å². The van der Waals surface area contributed by atoms with Crippen molar-refractivity contribution in [3.63, 3.8) is 0 Å². The Hall–Kier alpha value is -0.340. The standard InChI is InChI=1S/C14H20BrN/c15-14-6-2-5-13(11-14)4-1-3-12-7-9-16-10-8-12/h2,5-6,11-12,16H,1,3-4,7-10H2. The summed E-state index contributed by atoms with van der Waals surface area (Å²) in [5, 5.41) is 3.42. The van der Waals surface area contributed by atoms with Crippen molar-refractivity contribution >= 4 is 15.9 Å². The van der Waals surface area contributed by atoms with Crippen molar-refractivity contribution in [2.45, 2.75) is 32.1 Å². The zero-order valence-electron chi connectivity index (χ0n) is 9.71. The maximum absolute atomic E-state index is 3.52. The van der Waals surface area contributed by atoms with Gasteiger partial charge in [0.2, 0.25) is 0 Å². The predicted octanol–water partition coefficient (Wildman–Crippen LogP) is 3.77. The molecule has 0 radical (unpaired) electrons. The largest absolute Gasteiger partial charge is 0.317 e. The van der Waals surface area contributed by atoms with E-state index in [2.05, 4.69) is 45.5 Å². The van der Waals surface area contributed by atoms with Crippen LogP contribution >= 0.6 is 15.9 Å². The maximum Gasteiger partial charge on any atom is 0.0177 e. The molecule has 0 amide bonds. The van der Waals surface area contributed by atoms with Crippen LogP contribution in [0.5, 0.6) is 0 Å². The number of benzene rings is 1. The number of nitrogens with one attached hydrogen (secondary N) is 1. The highest BCUT2D eigenvalue weighted by Crippen LogP contribution is 2.20. The van der Waals surface area contributed by atoms with E-state index in [-0.39, 0.29) is 0 Å². The van der Waals surface area contributed by atoms with E-state index in [0.29, 0.717) is 0 Å². The maximum atomic E-state index is 3.52. The quantitative estimate of drug-likeness (QED) is 0.886. The fourth-order valence-corrected chi connectivity index (χ4v) is 2.90. The first-order chi connectivity index (χ1) is 7.84. The van der Waals surface area contributed by atoms with Crippen LogP contribution in [0.1, 0.15) is 31.2 Å². The van der Waals surface area contributed by atoms with Crippen molar-refractivity contribution < 1.29 is 0 Å². The molecule has 1 heterocycles. The first-order valence-corrected chi connectivity index (χ1v) is 7.09. The molecule has 0 unspecified atom stereocenters. The summed E-state index contributed by atoms with van der Waals surface area (Å²) in [6.07, 6.45) is 6.70. The summed E-state index contributed by atoms with van der Waals surface area (Å²) in [6, 6.07) is 8.69. The molecule has 0 atom stereocenters. The third-order valence-corrected chi connectivity index (χ3v) is 3.92. The number of rotatable bonds is 4. The van der Waals surface area contributed by atoms with Gasteiger partial charge in [0.1, 0.15) is 0 Å². The molecule has 2 rings (SSSR count). The number of hydrogen-bond acceptors (Lipinski definition) is 1.